The highest BCUT2D eigenvalue weighted by atomic mass is 35.5. The first kappa shape index (κ1) is 13.5. The van der Waals surface area contributed by atoms with E-state index in [2.05, 4.69) is 15.3 Å². The van der Waals surface area contributed by atoms with Gasteiger partial charge in [-0.25, -0.2) is 0 Å². The lowest BCUT2D eigenvalue weighted by atomic mass is 10.1. The minimum Gasteiger partial charge on any atom is -0.267 e. The second kappa shape index (κ2) is 5.46. The fraction of sp³-hybridized carbons (Fsp3) is 0.0667. The molecule has 0 spiro atoms. The zero-order valence-corrected chi connectivity index (χ0v) is 11.9. The molecule has 0 radical (unpaired) electrons. The number of aryl methyl sites for hydroxylation is 1. The van der Waals surface area contributed by atoms with Crippen molar-refractivity contribution >= 4 is 11.6 Å². The summed E-state index contributed by atoms with van der Waals surface area (Å²) in [6, 6.07) is 10.8. The smallest absolute Gasteiger partial charge is 0.267 e. The fourth-order valence-electron chi connectivity index (χ4n) is 1.96. The van der Waals surface area contributed by atoms with Crippen molar-refractivity contribution in [3.8, 4) is 16.9 Å². The SMILES string of the molecule is Cc1cc(-c2ccc(Cl)cc2)nn(-c2ccnnc2)c1=O. The number of hydrogen-bond acceptors (Lipinski definition) is 4. The summed E-state index contributed by atoms with van der Waals surface area (Å²) in [6.07, 6.45) is 3.02. The van der Waals surface area contributed by atoms with Crippen molar-refractivity contribution in [2.45, 2.75) is 6.92 Å². The van der Waals surface area contributed by atoms with Crippen LogP contribution < -0.4 is 5.56 Å². The Hall–Kier alpha value is -2.53. The Morgan fingerprint density at radius 1 is 1.10 bits per heavy atom. The quantitative estimate of drug-likeness (QED) is 0.730. The zero-order chi connectivity index (χ0) is 14.8. The first-order valence-corrected chi connectivity index (χ1v) is 6.67. The van der Waals surface area contributed by atoms with Crippen LogP contribution in [0.25, 0.3) is 16.9 Å². The van der Waals surface area contributed by atoms with E-state index in [1.54, 1.807) is 31.2 Å². The summed E-state index contributed by atoms with van der Waals surface area (Å²) in [5.41, 5.74) is 2.58. The highest BCUT2D eigenvalue weighted by molar-refractivity contribution is 6.30. The molecule has 0 saturated carbocycles. The number of benzene rings is 1. The second-order valence-corrected chi connectivity index (χ2v) is 4.97. The summed E-state index contributed by atoms with van der Waals surface area (Å²) < 4.78 is 1.33. The monoisotopic (exact) mass is 298 g/mol. The number of rotatable bonds is 2. The third-order valence-electron chi connectivity index (χ3n) is 3.04. The molecular formula is C15H11ClN4O. The Labute approximate surface area is 125 Å². The summed E-state index contributed by atoms with van der Waals surface area (Å²) in [6.45, 7) is 1.76. The predicted octanol–water partition coefficient (Wildman–Crippen LogP) is 2.65. The number of aromatic nitrogens is 4. The molecule has 0 saturated heterocycles. The van der Waals surface area contributed by atoms with Gasteiger partial charge in [-0.3, -0.25) is 4.79 Å². The molecule has 0 amide bonds. The molecule has 5 nitrogen and oxygen atoms in total. The molecule has 3 aromatic rings. The van der Waals surface area contributed by atoms with Gasteiger partial charge in [0.15, 0.2) is 0 Å². The fourth-order valence-corrected chi connectivity index (χ4v) is 2.09. The van der Waals surface area contributed by atoms with Crippen LogP contribution in [0.15, 0.2) is 53.6 Å². The van der Waals surface area contributed by atoms with E-state index in [0.717, 1.165) is 5.56 Å². The average molecular weight is 299 g/mol. The maximum Gasteiger partial charge on any atom is 0.274 e. The van der Waals surface area contributed by atoms with Crippen LogP contribution in [0.2, 0.25) is 5.02 Å². The molecule has 0 fully saturated rings. The van der Waals surface area contributed by atoms with E-state index in [1.165, 1.54) is 17.1 Å². The molecule has 0 atom stereocenters. The summed E-state index contributed by atoms with van der Waals surface area (Å²) in [5.74, 6) is 0. The molecule has 6 heteroatoms. The summed E-state index contributed by atoms with van der Waals surface area (Å²) in [7, 11) is 0. The van der Waals surface area contributed by atoms with E-state index in [0.29, 0.717) is 22.0 Å². The van der Waals surface area contributed by atoms with Crippen LogP contribution >= 0.6 is 11.6 Å². The second-order valence-electron chi connectivity index (χ2n) is 4.54. The van der Waals surface area contributed by atoms with Crippen molar-refractivity contribution in [2.24, 2.45) is 0 Å². The van der Waals surface area contributed by atoms with Crippen molar-refractivity contribution in [1.29, 1.82) is 0 Å². The molecule has 1 aromatic carbocycles. The molecule has 0 N–H and O–H groups in total. The van der Waals surface area contributed by atoms with Gasteiger partial charge in [-0.1, -0.05) is 23.7 Å². The van der Waals surface area contributed by atoms with E-state index in [9.17, 15) is 4.79 Å². The molecule has 0 unspecified atom stereocenters. The lowest BCUT2D eigenvalue weighted by Gasteiger charge is -2.08. The van der Waals surface area contributed by atoms with E-state index in [-0.39, 0.29) is 5.56 Å². The van der Waals surface area contributed by atoms with Crippen LogP contribution in [0.1, 0.15) is 5.56 Å². The van der Waals surface area contributed by atoms with Crippen molar-refractivity contribution in [3.05, 3.63) is 69.7 Å². The predicted molar refractivity (Wildman–Crippen MR) is 80.6 cm³/mol. The first-order valence-electron chi connectivity index (χ1n) is 6.29. The maximum atomic E-state index is 12.2. The highest BCUT2D eigenvalue weighted by Crippen LogP contribution is 2.19. The number of hydrogen-bond donors (Lipinski definition) is 0. The van der Waals surface area contributed by atoms with Crippen LogP contribution in [-0.2, 0) is 0 Å². The third-order valence-corrected chi connectivity index (χ3v) is 3.30. The van der Waals surface area contributed by atoms with Gasteiger partial charge in [-0.15, -0.1) is 0 Å². The van der Waals surface area contributed by atoms with Gasteiger partial charge < -0.3 is 0 Å². The van der Waals surface area contributed by atoms with Gasteiger partial charge in [0.05, 0.1) is 23.8 Å². The molecular weight excluding hydrogens is 288 g/mol. The van der Waals surface area contributed by atoms with Crippen LogP contribution in [0.5, 0.6) is 0 Å². The van der Waals surface area contributed by atoms with E-state index in [4.69, 9.17) is 11.6 Å². The van der Waals surface area contributed by atoms with Gasteiger partial charge >= 0.3 is 0 Å². The van der Waals surface area contributed by atoms with Gasteiger partial charge in [0.25, 0.3) is 5.56 Å². The number of nitrogens with zero attached hydrogens (tertiary/aromatic N) is 4. The Bertz CT molecular complexity index is 829. The lowest BCUT2D eigenvalue weighted by Crippen LogP contribution is -2.23. The Morgan fingerprint density at radius 2 is 1.86 bits per heavy atom. The Balaban J connectivity index is 2.19. The number of halogens is 1. The standard InChI is InChI=1S/C15H11ClN4O/c1-10-8-14(11-2-4-12(16)5-3-11)19-20(15(10)21)13-6-7-17-18-9-13/h2-9H,1H3. The first-order chi connectivity index (χ1) is 10.1. The van der Waals surface area contributed by atoms with Crippen LogP contribution in [0.4, 0.5) is 0 Å². The van der Waals surface area contributed by atoms with Crippen molar-refractivity contribution in [2.75, 3.05) is 0 Å². The molecule has 0 bridgehead atoms. The molecule has 0 aliphatic heterocycles. The van der Waals surface area contributed by atoms with Crippen molar-refractivity contribution < 1.29 is 0 Å². The molecule has 2 heterocycles. The van der Waals surface area contributed by atoms with Crippen LogP contribution in [-0.4, -0.2) is 20.0 Å². The molecule has 3 rings (SSSR count). The van der Waals surface area contributed by atoms with Gasteiger partial charge in [-0.2, -0.15) is 20.0 Å². The van der Waals surface area contributed by atoms with Gasteiger partial charge in [0.1, 0.15) is 0 Å². The summed E-state index contributed by atoms with van der Waals surface area (Å²) in [5, 5.41) is 12.5. The Kier molecular flexibility index (Phi) is 3.50. The molecule has 21 heavy (non-hydrogen) atoms. The minimum absolute atomic E-state index is 0.180. The molecule has 104 valence electrons. The van der Waals surface area contributed by atoms with Crippen molar-refractivity contribution in [1.82, 2.24) is 20.0 Å². The summed E-state index contributed by atoms with van der Waals surface area (Å²) >= 11 is 5.89. The molecule has 2 aromatic heterocycles. The van der Waals surface area contributed by atoms with Crippen molar-refractivity contribution in [3.63, 3.8) is 0 Å². The topological polar surface area (TPSA) is 60.7 Å². The lowest BCUT2D eigenvalue weighted by molar-refractivity contribution is 0.791. The highest BCUT2D eigenvalue weighted by Gasteiger charge is 2.09. The van der Waals surface area contributed by atoms with Gasteiger partial charge in [0.2, 0.25) is 0 Å². The Morgan fingerprint density at radius 3 is 2.52 bits per heavy atom. The van der Waals surface area contributed by atoms with Gasteiger partial charge in [-0.05, 0) is 31.2 Å². The third kappa shape index (κ3) is 2.68. The van der Waals surface area contributed by atoms with Crippen LogP contribution in [0, 0.1) is 6.92 Å². The van der Waals surface area contributed by atoms with Crippen LogP contribution in [0.3, 0.4) is 0 Å². The van der Waals surface area contributed by atoms with E-state index in [1.807, 2.05) is 12.1 Å². The normalized spacial score (nSPS) is 10.6. The van der Waals surface area contributed by atoms with Gasteiger partial charge in [0, 0.05) is 16.1 Å². The minimum atomic E-state index is -0.180. The zero-order valence-electron chi connectivity index (χ0n) is 11.2. The molecule has 0 aliphatic carbocycles. The molecule has 0 aliphatic rings. The maximum absolute atomic E-state index is 12.2. The van der Waals surface area contributed by atoms with E-state index >= 15 is 0 Å². The van der Waals surface area contributed by atoms with E-state index < -0.39 is 0 Å². The summed E-state index contributed by atoms with van der Waals surface area (Å²) in [4.78, 5) is 12.2. The largest absolute Gasteiger partial charge is 0.274 e. The average Bonchev–Trinajstić information content (AvgIpc) is 2.51.